The van der Waals surface area contributed by atoms with Crippen molar-refractivity contribution >= 4 is 57.2 Å². The van der Waals surface area contributed by atoms with Crippen LogP contribution in [0, 0.1) is 12.1 Å². The van der Waals surface area contributed by atoms with Crippen LogP contribution in [0.15, 0.2) is 0 Å². The standard InChI is InChI=1S/C18H30S2Si2.2Li/c1-17(2,3)21(7,8)15-11-13-14(19-15)12-16(20-13)22(9,10)18(4,5)6;;/h1-10H3;;/q-2;2*+1. The Hall–Kier alpha value is 1.29. The van der Waals surface area contributed by atoms with Gasteiger partial charge < -0.3 is 34.8 Å². The van der Waals surface area contributed by atoms with Gasteiger partial charge in [-0.05, 0) is 10.1 Å². The molecule has 0 aliphatic rings. The van der Waals surface area contributed by atoms with E-state index in [4.69, 9.17) is 0 Å². The molecule has 0 N–H and O–H groups in total. The molecule has 0 nitrogen and oxygen atoms in total. The maximum Gasteiger partial charge on any atom is 1.00 e. The van der Waals surface area contributed by atoms with Crippen molar-refractivity contribution in [1.82, 2.24) is 0 Å². The van der Waals surface area contributed by atoms with Crippen LogP contribution in [0.3, 0.4) is 0 Å². The van der Waals surface area contributed by atoms with E-state index in [0.717, 1.165) is 0 Å². The van der Waals surface area contributed by atoms with E-state index in [9.17, 15) is 0 Å². The summed E-state index contributed by atoms with van der Waals surface area (Å²) in [5.41, 5.74) is 0. The molecule has 24 heavy (non-hydrogen) atoms. The molecule has 0 unspecified atom stereocenters. The first-order valence-corrected chi connectivity index (χ1v) is 15.7. The van der Waals surface area contributed by atoms with Crippen molar-refractivity contribution in [1.29, 1.82) is 0 Å². The van der Waals surface area contributed by atoms with Crippen molar-refractivity contribution in [3.8, 4) is 0 Å². The molecule has 124 valence electrons. The van der Waals surface area contributed by atoms with E-state index in [1.165, 1.54) is 18.4 Å². The van der Waals surface area contributed by atoms with Crippen LogP contribution >= 0.6 is 22.7 Å². The summed E-state index contributed by atoms with van der Waals surface area (Å²) < 4.78 is 5.73. The molecule has 2 aromatic rings. The second-order valence-corrected chi connectivity index (χ2v) is 22.8. The third kappa shape index (κ3) is 4.40. The Morgan fingerprint density at radius 1 is 0.625 bits per heavy atom. The second kappa shape index (κ2) is 7.73. The quantitative estimate of drug-likeness (QED) is 0.508. The van der Waals surface area contributed by atoms with Gasteiger partial charge in [0.1, 0.15) is 0 Å². The van der Waals surface area contributed by atoms with Gasteiger partial charge in [-0.1, -0.05) is 67.7 Å². The average molecular weight is 381 g/mol. The van der Waals surface area contributed by atoms with E-state index in [-0.39, 0.29) is 37.7 Å². The van der Waals surface area contributed by atoms with Crippen molar-refractivity contribution in [3.63, 3.8) is 0 Å². The van der Waals surface area contributed by atoms with Crippen LogP contribution in [0.1, 0.15) is 41.5 Å². The van der Waals surface area contributed by atoms with Gasteiger partial charge in [0.25, 0.3) is 0 Å². The summed E-state index contributed by atoms with van der Waals surface area (Å²) in [4.78, 5) is 0. The molecular formula is C18H30Li2S2Si2. The normalized spacial score (nSPS) is 13.6. The van der Waals surface area contributed by atoms with Crippen LogP contribution in [0.5, 0.6) is 0 Å². The summed E-state index contributed by atoms with van der Waals surface area (Å²) in [5, 5.41) is 0.747. The van der Waals surface area contributed by atoms with Crippen LogP contribution in [0.2, 0.25) is 36.3 Å². The smallest absolute Gasteiger partial charge is 0.325 e. The molecule has 0 fully saturated rings. The molecule has 0 atom stereocenters. The van der Waals surface area contributed by atoms with Crippen molar-refractivity contribution in [3.05, 3.63) is 12.1 Å². The first-order chi connectivity index (χ1) is 9.68. The Labute approximate surface area is 183 Å². The molecule has 0 radical (unpaired) electrons. The first-order valence-electron chi connectivity index (χ1n) is 8.07. The molecular weight excluding hydrogens is 350 g/mol. The average Bonchev–Trinajstić information content (AvgIpc) is 2.82. The molecule has 0 aliphatic heterocycles. The van der Waals surface area contributed by atoms with E-state index in [1.807, 2.05) is 22.7 Å². The zero-order valence-corrected chi connectivity index (χ0v) is 21.4. The van der Waals surface area contributed by atoms with E-state index >= 15 is 0 Å². The summed E-state index contributed by atoms with van der Waals surface area (Å²) in [6.07, 6.45) is 0. The second-order valence-electron chi connectivity index (χ2n) is 9.52. The van der Waals surface area contributed by atoms with Gasteiger partial charge in [-0.25, -0.2) is 0 Å². The van der Waals surface area contributed by atoms with Gasteiger partial charge in [0, 0.05) is 0 Å². The van der Waals surface area contributed by atoms with Crippen molar-refractivity contribution in [2.24, 2.45) is 0 Å². The summed E-state index contributed by atoms with van der Waals surface area (Å²) >= 11 is 3.92. The third-order valence-electron chi connectivity index (χ3n) is 5.95. The minimum absolute atomic E-state index is 0. The fourth-order valence-electron chi connectivity index (χ4n) is 1.97. The minimum Gasteiger partial charge on any atom is -0.325 e. The molecule has 2 rings (SSSR count). The number of hydrogen-bond acceptors (Lipinski definition) is 2. The van der Waals surface area contributed by atoms with E-state index in [1.54, 1.807) is 0 Å². The molecule has 6 heteroatoms. The Morgan fingerprint density at radius 2 is 0.875 bits per heavy atom. The van der Waals surface area contributed by atoms with E-state index < -0.39 is 16.1 Å². The van der Waals surface area contributed by atoms with Gasteiger partial charge in [-0.2, -0.15) is 0 Å². The molecule has 2 heterocycles. The van der Waals surface area contributed by atoms with E-state index in [0.29, 0.717) is 10.1 Å². The Morgan fingerprint density at radius 3 is 1.08 bits per heavy atom. The predicted octanol–water partition coefficient (Wildman–Crippen LogP) is 0.00218. The minimum atomic E-state index is -1.47. The molecule has 0 aliphatic carbocycles. The number of thiophene rings is 2. The zero-order valence-electron chi connectivity index (χ0n) is 17.8. The zero-order chi connectivity index (χ0) is 17.1. The SMILES string of the molecule is CC(C)(C)[Si](C)(C)c1[c-]c2sc([Si](C)(C)C(C)(C)C)[c-]c2s1.[Li+].[Li+]. The predicted molar refractivity (Wildman–Crippen MR) is 111 cm³/mol. The Kier molecular flexibility index (Phi) is 8.14. The fraction of sp³-hybridized carbons (Fsp3) is 0.667. The van der Waals surface area contributed by atoms with Crippen LogP contribution in [-0.4, -0.2) is 16.1 Å². The molecule has 0 amide bonds. The molecule has 2 aromatic heterocycles. The monoisotopic (exact) mass is 380 g/mol. The van der Waals surface area contributed by atoms with Gasteiger partial charge in [0.2, 0.25) is 0 Å². The van der Waals surface area contributed by atoms with E-state index in [2.05, 4.69) is 79.9 Å². The van der Waals surface area contributed by atoms with Gasteiger partial charge in [-0.15, -0.1) is 9.00 Å². The molecule has 0 bridgehead atoms. The summed E-state index contributed by atoms with van der Waals surface area (Å²) in [7, 11) is -2.93. The molecule has 0 aromatic carbocycles. The number of hydrogen-bond donors (Lipinski definition) is 0. The van der Waals surface area contributed by atoms with Gasteiger partial charge >= 0.3 is 37.7 Å². The summed E-state index contributed by atoms with van der Waals surface area (Å²) in [5.74, 6) is 0. The topological polar surface area (TPSA) is 0 Å². The van der Waals surface area contributed by atoms with Gasteiger partial charge in [-0.3, -0.25) is 9.40 Å². The van der Waals surface area contributed by atoms with Crippen molar-refractivity contribution < 1.29 is 37.7 Å². The first kappa shape index (κ1) is 25.3. The maximum atomic E-state index is 3.78. The van der Waals surface area contributed by atoms with Crippen LogP contribution in [0.25, 0.3) is 9.40 Å². The van der Waals surface area contributed by atoms with Crippen molar-refractivity contribution in [2.45, 2.75) is 77.8 Å². The Bertz CT molecular complexity index is 599. The number of rotatable bonds is 2. The van der Waals surface area contributed by atoms with Gasteiger partial charge in [0.15, 0.2) is 0 Å². The molecule has 0 spiro atoms. The summed E-state index contributed by atoms with van der Waals surface area (Å²) in [6.45, 7) is 24.2. The maximum absolute atomic E-state index is 3.78. The summed E-state index contributed by atoms with van der Waals surface area (Å²) in [6, 6.07) is 7.55. The van der Waals surface area contributed by atoms with Crippen LogP contribution in [0.4, 0.5) is 0 Å². The van der Waals surface area contributed by atoms with Crippen LogP contribution < -0.4 is 46.7 Å². The van der Waals surface area contributed by atoms with Crippen LogP contribution in [-0.2, 0) is 0 Å². The molecule has 0 saturated heterocycles. The Balaban J connectivity index is 0.00000264. The largest absolute Gasteiger partial charge is 1.00 e. The number of fused-ring (bicyclic) bond motifs is 1. The molecule has 0 saturated carbocycles. The van der Waals surface area contributed by atoms with Gasteiger partial charge in [0.05, 0.1) is 16.1 Å². The fourth-order valence-corrected chi connectivity index (χ4v) is 10.6. The van der Waals surface area contributed by atoms with Crippen molar-refractivity contribution in [2.75, 3.05) is 0 Å². The third-order valence-corrected chi connectivity index (χ3v) is 21.4.